The van der Waals surface area contributed by atoms with Crippen molar-refractivity contribution in [1.82, 2.24) is 0 Å². The van der Waals surface area contributed by atoms with E-state index in [1.807, 2.05) is 0 Å². The van der Waals surface area contributed by atoms with Gasteiger partial charge < -0.3 is 19.7 Å². The number of rotatable bonds is 19. The van der Waals surface area contributed by atoms with Gasteiger partial charge in [-0.15, -0.1) is 0 Å². The summed E-state index contributed by atoms with van der Waals surface area (Å²) in [6.45, 7) is 2.18. The van der Waals surface area contributed by atoms with Gasteiger partial charge in [0.2, 0.25) is 0 Å². The van der Waals surface area contributed by atoms with Crippen LogP contribution in [0.2, 0.25) is 0 Å². The first-order chi connectivity index (χ1) is 16.5. The van der Waals surface area contributed by atoms with E-state index in [4.69, 9.17) is 14.6 Å². The Balaban J connectivity index is 2.45. The Labute approximate surface area is 204 Å². The number of carbonyl (C=O) groups is 2. The van der Waals surface area contributed by atoms with E-state index in [-0.39, 0.29) is 24.2 Å². The van der Waals surface area contributed by atoms with Crippen molar-refractivity contribution in [1.29, 1.82) is 0 Å². The van der Waals surface area contributed by atoms with E-state index in [9.17, 15) is 14.7 Å². The normalized spacial score (nSPS) is 12.3. The monoisotopic (exact) mass is 474 g/mol. The molecule has 0 radical (unpaired) electrons. The van der Waals surface area contributed by atoms with E-state index in [2.05, 4.69) is 19.1 Å². The van der Waals surface area contributed by atoms with Crippen molar-refractivity contribution >= 4 is 18.0 Å². The molecule has 0 amide bonds. The third kappa shape index (κ3) is 14.4. The fourth-order valence-corrected chi connectivity index (χ4v) is 3.62. The van der Waals surface area contributed by atoms with Gasteiger partial charge in [0.1, 0.15) is 6.10 Å². The molecule has 2 N–H and O–H groups in total. The van der Waals surface area contributed by atoms with Crippen LogP contribution in [0.1, 0.15) is 96.0 Å². The maximum absolute atomic E-state index is 12.4. The summed E-state index contributed by atoms with van der Waals surface area (Å²) in [5.41, 5.74) is 0.744. The second kappa shape index (κ2) is 18.6. The highest BCUT2D eigenvalue weighted by Crippen LogP contribution is 2.26. The molecular formula is C28H42O6. The maximum Gasteiger partial charge on any atom is 0.331 e. The average Bonchev–Trinajstić information content (AvgIpc) is 2.82. The van der Waals surface area contributed by atoms with E-state index in [0.29, 0.717) is 12.2 Å². The Morgan fingerprint density at radius 3 is 2.47 bits per heavy atom. The molecule has 0 aliphatic rings. The summed E-state index contributed by atoms with van der Waals surface area (Å²) in [7, 11) is 1.48. The summed E-state index contributed by atoms with van der Waals surface area (Å²) in [5.74, 6) is -0.680. The molecule has 1 aromatic carbocycles. The fourth-order valence-electron chi connectivity index (χ4n) is 3.62. The summed E-state index contributed by atoms with van der Waals surface area (Å²) in [4.78, 5) is 22.9. The van der Waals surface area contributed by atoms with Gasteiger partial charge in [-0.05, 0) is 55.9 Å². The molecule has 0 unspecified atom stereocenters. The molecule has 0 heterocycles. The van der Waals surface area contributed by atoms with Gasteiger partial charge in [-0.25, -0.2) is 4.79 Å². The molecule has 0 aromatic heterocycles. The first-order valence-electron chi connectivity index (χ1n) is 12.6. The highest BCUT2D eigenvalue weighted by atomic mass is 16.5. The van der Waals surface area contributed by atoms with Gasteiger partial charge in [0.05, 0.1) is 7.11 Å². The third-order valence-electron chi connectivity index (χ3n) is 5.61. The second-order valence-electron chi connectivity index (χ2n) is 8.58. The first-order valence-corrected chi connectivity index (χ1v) is 12.6. The standard InChI is InChI=1S/C28H42O6/c1-3-4-5-12-15-24(16-13-10-8-6-7-9-11-14-17-27(30)31)34-28(32)21-19-23-18-20-25(29)26(22-23)33-2/h10,13,18-22,24,29H,3-9,11-12,14-17H2,1-2H3,(H,30,31)/b13-10-,21-19+/t24-/m1/s1. The summed E-state index contributed by atoms with van der Waals surface area (Å²) < 4.78 is 10.8. The van der Waals surface area contributed by atoms with Gasteiger partial charge in [-0.2, -0.15) is 0 Å². The van der Waals surface area contributed by atoms with Crippen molar-refractivity contribution in [2.24, 2.45) is 0 Å². The van der Waals surface area contributed by atoms with Crippen LogP contribution in [0.4, 0.5) is 0 Å². The predicted octanol–water partition coefficient (Wildman–Crippen LogP) is 7.06. The van der Waals surface area contributed by atoms with Crippen LogP contribution in [0, 0.1) is 0 Å². The number of hydrogen-bond acceptors (Lipinski definition) is 5. The molecule has 0 bridgehead atoms. The lowest BCUT2D eigenvalue weighted by atomic mass is 10.1. The maximum atomic E-state index is 12.4. The molecule has 0 saturated heterocycles. The predicted molar refractivity (Wildman–Crippen MR) is 136 cm³/mol. The van der Waals surface area contributed by atoms with Crippen LogP contribution in [-0.2, 0) is 14.3 Å². The van der Waals surface area contributed by atoms with E-state index in [0.717, 1.165) is 63.4 Å². The van der Waals surface area contributed by atoms with Gasteiger partial charge in [-0.3, -0.25) is 4.79 Å². The number of unbranched alkanes of at least 4 members (excludes halogenated alkanes) is 8. The number of ether oxygens (including phenoxy) is 2. The van der Waals surface area contributed by atoms with Crippen LogP contribution >= 0.6 is 0 Å². The van der Waals surface area contributed by atoms with Gasteiger partial charge >= 0.3 is 11.9 Å². The zero-order chi connectivity index (χ0) is 25.0. The minimum absolute atomic E-state index is 0.0549. The highest BCUT2D eigenvalue weighted by Gasteiger charge is 2.11. The highest BCUT2D eigenvalue weighted by molar-refractivity contribution is 5.87. The molecular weight excluding hydrogens is 432 g/mol. The van der Waals surface area contributed by atoms with E-state index < -0.39 is 5.97 Å². The molecule has 1 atom stereocenters. The minimum Gasteiger partial charge on any atom is -0.504 e. The SMILES string of the molecule is CCCCCC[C@H](C/C=C\CCCCCCCC(=O)O)OC(=O)/C=C/c1ccc(O)c(OC)c1. The lowest BCUT2D eigenvalue weighted by Gasteiger charge is -2.15. The number of carboxylic acid groups (broad SMARTS) is 1. The number of phenols is 1. The number of hydrogen-bond donors (Lipinski definition) is 2. The Hall–Kier alpha value is -2.76. The van der Waals surface area contributed by atoms with E-state index in [1.54, 1.807) is 18.2 Å². The number of carboxylic acids is 1. The molecule has 6 nitrogen and oxygen atoms in total. The largest absolute Gasteiger partial charge is 0.504 e. The van der Waals surface area contributed by atoms with Crippen LogP contribution < -0.4 is 4.74 Å². The van der Waals surface area contributed by atoms with Gasteiger partial charge in [0.25, 0.3) is 0 Å². The Morgan fingerprint density at radius 2 is 1.74 bits per heavy atom. The number of carbonyl (C=O) groups excluding carboxylic acids is 1. The number of aromatic hydroxyl groups is 1. The quantitative estimate of drug-likeness (QED) is 0.0965. The average molecular weight is 475 g/mol. The Bertz CT molecular complexity index is 768. The molecule has 1 rings (SSSR count). The van der Waals surface area contributed by atoms with Gasteiger partial charge in [0.15, 0.2) is 11.5 Å². The summed E-state index contributed by atoms with van der Waals surface area (Å²) >= 11 is 0. The zero-order valence-corrected chi connectivity index (χ0v) is 20.8. The molecule has 1 aromatic rings. The van der Waals surface area contributed by atoms with E-state index in [1.165, 1.54) is 32.1 Å². The Morgan fingerprint density at radius 1 is 1.00 bits per heavy atom. The second-order valence-corrected chi connectivity index (χ2v) is 8.58. The van der Waals surface area contributed by atoms with Gasteiger partial charge in [-0.1, -0.05) is 63.7 Å². The molecule has 34 heavy (non-hydrogen) atoms. The molecule has 0 spiro atoms. The fraction of sp³-hybridized carbons (Fsp3) is 0.571. The smallest absolute Gasteiger partial charge is 0.331 e. The number of methoxy groups -OCH3 is 1. The van der Waals surface area contributed by atoms with Crippen LogP contribution in [0.3, 0.4) is 0 Å². The number of benzene rings is 1. The number of allylic oxidation sites excluding steroid dienone is 1. The van der Waals surface area contributed by atoms with E-state index >= 15 is 0 Å². The zero-order valence-electron chi connectivity index (χ0n) is 20.8. The first kappa shape index (κ1) is 29.3. The van der Waals surface area contributed by atoms with Crippen LogP contribution in [0.15, 0.2) is 36.4 Å². The molecule has 190 valence electrons. The summed E-state index contributed by atoms with van der Waals surface area (Å²) in [5, 5.41) is 18.3. The molecule has 0 aliphatic heterocycles. The molecule has 0 saturated carbocycles. The molecule has 0 aliphatic carbocycles. The van der Waals surface area contributed by atoms with Crippen molar-refractivity contribution < 1.29 is 29.3 Å². The van der Waals surface area contributed by atoms with Crippen molar-refractivity contribution in [3.8, 4) is 11.5 Å². The number of esters is 1. The molecule has 0 fully saturated rings. The minimum atomic E-state index is -0.719. The number of aliphatic carboxylic acids is 1. The number of phenolic OH excluding ortho intramolecular Hbond substituents is 1. The van der Waals surface area contributed by atoms with Crippen molar-refractivity contribution in [3.63, 3.8) is 0 Å². The lowest BCUT2D eigenvalue weighted by molar-refractivity contribution is -0.143. The van der Waals surface area contributed by atoms with Crippen LogP contribution in [-0.4, -0.2) is 35.4 Å². The van der Waals surface area contributed by atoms with Crippen molar-refractivity contribution in [2.75, 3.05) is 7.11 Å². The van der Waals surface area contributed by atoms with Crippen LogP contribution in [0.25, 0.3) is 6.08 Å². The lowest BCUT2D eigenvalue weighted by Crippen LogP contribution is -2.16. The molecule has 6 heteroatoms. The van der Waals surface area contributed by atoms with Crippen molar-refractivity contribution in [2.45, 2.75) is 96.5 Å². The van der Waals surface area contributed by atoms with Crippen molar-refractivity contribution in [3.05, 3.63) is 42.0 Å². The Kier molecular flexibility index (Phi) is 16.1. The summed E-state index contributed by atoms with van der Waals surface area (Å²) in [6.07, 6.45) is 19.5. The topological polar surface area (TPSA) is 93.1 Å². The summed E-state index contributed by atoms with van der Waals surface area (Å²) in [6, 6.07) is 4.90. The third-order valence-corrected chi connectivity index (χ3v) is 5.61. The van der Waals surface area contributed by atoms with Crippen LogP contribution in [0.5, 0.6) is 11.5 Å². The van der Waals surface area contributed by atoms with Gasteiger partial charge in [0, 0.05) is 18.9 Å².